The highest BCUT2D eigenvalue weighted by molar-refractivity contribution is 7.16. The number of nitrogens with zero attached hydrogens (tertiary/aromatic N) is 2. The summed E-state index contributed by atoms with van der Waals surface area (Å²) in [5, 5.41) is 6.32. The van der Waals surface area contributed by atoms with Crippen LogP contribution in [0.5, 0.6) is 0 Å². The SMILES string of the molecule is CC1C(NC(=O)c2cnc3sccc3c2)C2CCN1CC2. The topological polar surface area (TPSA) is 45.2 Å². The Morgan fingerprint density at radius 1 is 1.43 bits per heavy atom. The van der Waals surface area contributed by atoms with Crippen LogP contribution in [0, 0.1) is 5.92 Å². The van der Waals surface area contributed by atoms with Gasteiger partial charge in [-0.25, -0.2) is 4.98 Å². The van der Waals surface area contributed by atoms with Crippen molar-refractivity contribution in [2.24, 2.45) is 5.92 Å². The Bertz CT molecular complexity index is 673. The molecule has 0 aliphatic carbocycles. The number of hydrogen-bond acceptors (Lipinski definition) is 4. The standard InChI is InChI=1S/C16H19N3OS/c1-10-14(11-2-5-19(10)6-3-11)18-15(20)13-8-12-4-7-21-16(12)17-9-13/h4,7-11,14H,2-3,5-6H2,1H3,(H,18,20). The Kier molecular flexibility index (Phi) is 3.19. The zero-order valence-electron chi connectivity index (χ0n) is 12.1. The zero-order valence-corrected chi connectivity index (χ0v) is 12.9. The molecule has 0 saturated carbocycles. The van der Waals surface area contributed by atoms with Gasteiger partial charge in [0.05, 0.1) is 5.56 Å². The highest BCUT2D eigenvalue weighted by atomic mass is 32.1. The van der Waals surface area contributed by atoms with Gasteiger partial charge in [0.2, 0.25) is 0 Å². The van der Waals surface area contributed by atoms with Crippen LogP contribution in [0.25, 0.3) is 10.2 Å². The van der Waals surface area contributed by atoms with Crippen molar-refractivity contribution in [2.75, 3.05) is 13.1 Å². The molecule has 3 aliphatic rings. The van der Waals surface area contributed by atoms with Gasteiger partial charge in [-0.3, -0.25) is 9.69 Å². The van der Waals surface area contributed by atoms with E-state index in [1.54, 1.807) is 17.5 Å². The van der Waals surface area contributed by atoms with Gasteiger partial charge in [0.1, 0.15) is 4.83 Å². The molecule has 3 fully saturated rings. The van der Waals surface area contributed by atoms with Crippen molar-refractivity contribution >= 4 is 27.5 Å². The summed E-state index contributed by atoms with van der Waals surface area (Å²) in [4.78, 5) is 20.4. The molecule has 2 unspecified atom stereocenters. The molecule has 2 aromatic rings. The van der Waals surface area contributed by atoms with Gasteiger partial charge in [0.25, 0.3) is 5.91 Å². The molecule has 3 saturated heterocycles. The van der Waals surface area contributed by atoms with Crippen molar-refractivity contribution in [1.29, 1.82) is 0 Å². The quantitative estimate of drug-likeness (QED) is 0.927. The predicted molar refractivity (Wildman–Crippen MR) is 84.6 cm³/mol. The highest BCUT2D eigenvalue weighted by Gasteiger charge is 2.40. The number of piperidine rings is 3. The van der Waals surface area contributed by atoms with Gasteiger partial charge in [-0.05, 0) is 56.3 Å². The van der Waals surface area contributed by atoms with E-state index in [1.807, 2.05) is 17.5 Å². The lowest BCUT2D eigenvalue weighted by molar-refractivity contribution is 0.0217. The van der Waals surface area contributed by atoms with Crippen LogP contribution in [0.15, 0.2) is 23.7 Å². The largest absolute Gasteiger partial charge is 0.347 e. The second-order valence-electron chi connectivity index (χ2n) is 6.15. The van der Waals surface area contributed by atoms with E-state index in [2.05, 4.69) is 22.1 Å². The van der Waals surface area contributed by atoms with E-state index in [0.717, 1.165) is 10.2 Å². The van der Waals surface area contributed by atoms with Crippen molar-refractivity contribution in [3.05, 3.63) is 29.3 Å². The van der Waals surface area contributed by atoms with Gasteiger partial charge < -0.3 is 5.32 Å². The van der Waals surface area contributed by atoms with Crippen molar-refractivity contribution in [3.63, 3.8) is 0 Å². The fraction of sp³-hybridized carbons (Fsp3) is 0.500. The Morgan fingerprint density at radius 2 is 2.24 bits per heavy atom. The van der Waals surface area contributed by atoms with Crippen LogP contribution in [0.1, 0.15) is 30.1 Å². The van der Waals surface area contributed by atoms with Crippen molar-refractivity contribution in [1.82, 2.24) is 15.2 Å². The molecule has 0 radical (unpaired) electrons. The average molecular weight is 301 g/mol. The van der Waals surface area contributed by atoms with Gasteiger partial charge in [-0.15, -0.1) is 11.3 Å². The van der Waals surface area contributed by atoms with E-state index < -0.39 is 0 Å². The van der Waals surface area contributed by atoms with Gasteiger partial charge in [-0.2, -0.15) is 0 Å². The second-order valence-corrected chi connectivity index (χ2v) is 7.05. The number of nitrogens with one attached hydrogen (secondary N) is 1. The van der Waals surface area contributed by atoms with Crippen LogP contribution < -0.4 is 5.32 Å². The number of pyridine rings is 1. The number of aromatic nitrogens is 1. The molecule has 3 aliphatic heterocycles. The van der Waals surface area contributed by atoms with Gasteiger partial charge in [-0.1, -0.05) is 0 Å². The summed E-state index contributed by atoms with van der Waals surface area (Å²) in [6, 6.07) is 4.68. The first-order valence-electron chi connectivity index (χ1n) is 7.60. The molecule has 2 atom stereocenters. The van der Waals surface area contributed by atoms with E-state index in [9.17, 15) is 4.79 Å². The molecule has 110 valence electrons. The van der Waals surface area contributed by atoms with Crippen LogP contribution in [0.2, 0.25) is 0 Å². The van der Waals surface area contributed by atoms with Gasteiger partial charge >= 0.3 is 0 Å². The fourth-order valence-corrected chi connectivity index (χ4v) is 4.48. The molecule has 4 nitrogen and oxygen atoms in total. The maximum atomic E-state index is 12.5. The number of fused-ring (bicyclic) bond motifs is 4. The number of rotatable bonds is 2. The molecule has 5 rings (SSSR count). The number of amides is 1. The first-order chi connectivity index (χ1) is 10.2. The highest BCUT2D eigenvalue weighted by Crippen LogP contribution is 2.32. The van der Waals surface area contributed by atoms with Crippen LogP contribution >= 0.6 is 11.3 Å². The zero-order chi connectivity index (χ0) is 14.4. The number of carbonyl (C=O) groups excluding carboxylic acids is 1. The number of hydrogen-bond donors (Lipinski definition) is 1. The first-order valence-corrected chi connectivity index (χ1v) is 8.48. The second kappa shape index (κ2) is 5.07. The maximum absolute atomic E-state index is 12.5. The van der Waals surface area contributed by atoms with Crippen molar-refractivity contribution in [3.8, 4) is 0 Å². The van der Waals surface area contributed by atoms with Gasteiger partial charge in [0, 0.05) is 23.7 Å². The average Bonchev–Trinajstić information content (AvgIpc) is 2.98. The van der Waals surface area contributed by atoms with Crippen molar-refractivity contribution in [2.45, 2.75) is 31.8 Å². The molecule has 0 spiro atoms. The summed E-state index contributed by atoms with van der Waals surface area (Å²) in [5.74, 6) is 0.646. The van der Waals surface area contributed by atoms with E-state index in [4.69, 9.17) is 0 Å². The minimum Gasteiger partial charge on any atom is -0.347 e. The lowest BCUT2D eigenvalue weighted by Crippen LogP contribution is -2.62. The lowest BCUT2D eigenvalue weighted by atomic mass is 9.79. The Hall–Kier alpha value is -1.46. The maximum Gasteiger partial charge on any atom is 0.253 e. The van der Waals surface area contributed by atoms with Crippen molar-refractivity contribution < 1.29 is 4.79 Å². The smallest absolute Gasteiger partial charge is 0.253 e. The van der Waals surface area contributed by atoms with Crippen LogP contribution in [-0.4, -0.2) is 41.0 Å². The Labute approximate surface area is 128 Å². The molecule has 21 heavy (non-hydrogen) atoms. The summed E-state index contributed by atoms with van der Waals surface area (Å²) in [7, 11) is 0. The normalized spacial score (nSPS) is 31.5. The first kappa shape index (κ1) is 13.2. The summed E-state index contributed by atoms with van der Waals surface area (Å²) < 4.78 is 0. The van der Waals surface area contributed by atoms with E-state index in [1.165, 1.54) is 25.9 Å². The molecule has 1 N–H and O–H groups in total. The third-order valence-electron chi connectivity index (χ3n) is 5.04. The molecule has 5 heteroatoms. The van der Waals surface area contributed by atoms with E-state index in [-0.39, 0.29) is 11.9 Å². The summed E-state index contributed by atoms with van der Waals surface area (Å²) in [6.07, 6.45) is 4.11. The molecule has 1 amide bonds. The number of carbonyl (C=O) groups is 1. The van der Waals surface area contributed by atoms with Crippen LogP contribution in [0.3, 0.4) is 0 Å². The van der Waals surface area contributed by atoms with Gasteiger partial charge in [0.15, 0.2) is 0 Å². The molecule has 5 heterocycles. The minimum absolute atomic E-state index is 0.0150. The summed E-state index contributed by atoms with van der Waals surface area (Å²) in [6.45, 7) is 4.60. The molecule has 2 bridgehead atoms. The Morgan fingerprint density at radius 3 is 3.00 bits per heavy atom. The Balaban J connectivity index is 1.54. The molecular formula is C16H19N3OS. The molecule has 0 aromatic carbocycles. The van der Waals surface area contributed by atoms with Crippen LogP contribution in [-0.2, 0) is 0 Å². The minimum atomic E-state index is 0.0150. The third kappa shape index (κ3) is 2.24. The van der Waals surface area contributed by atoms with E-state index in [0.29, 0.717) is 17.5 Å². The summed E-state index contributed by atoms with van der Waals surface area (Å²) in [5.41, 5.74) is 0.671. The van der Waals surface area contributed by atoms with E-state index >= 15 is 0 Å². The monoisotopic (exact) mass is 301 g/mol. The lowest BCUT2D eigenvalue weighted by Gasteiger charge is -2.49. The molecular weight excluding hydrogens is 282 g/mol. The van der Waals surface area contributed by atoms with Crippen LogP contribution in [0.4, 0.5) is 0 Å². The number of thiophene rings is 1. The third-order valence-corrected chi connectivity index (χ3v) is 5.88. The molecule has 2 aromatic heterocycles. The predicted octanol–water partition coefficient (Wildman–Crippen LogP) is 2.51. The fourth-order valence-electron chi connectivity index (χ4n) is 3.76. The summed E-state index contributed by atoms with van der Waals surface area (Å²) >= 11 is 1.60.